The van der Waals surface area contributed by atoms with Crippen molar-refractivity contribution in [2.75, 3.05) is 5.32 Å². The summed E-state index contributed by atoms with van der Waals surface area (Å²) in [6, 6.07) is 21.9. The highest BCUT2D eigenvalue weighted by Gasteiger charge is 2.14. The Hall–Kier alpha value is -3.47. The van der Waals surface area contributed by atoms with Gasteiger partial charge in [-0.25, -0.2) is 0 Å². The van der Waals surface area contributed by atoms with Crippen LogP contribution in [0.25, 0.3) is 0 Å². The third kappa shape index (κ3) is 4.74. The van der Waals surface area contributed by atoms with Gasteiger partial charge in [-0.15, -0.1) is 0 Å². The highest BCUT2D eigenvalue weighted by molar-refractivity contribution is 6.04. The summed E-state index contributed by atoms with van der Waals surface area (Å²) in [6.07, 6.45) is 7.59. The molecule has 152 valence electrons. The van der Waals surface area contributed by atoms with Crippen molar-refractivity contribution in [3.05, 3.63) is 95.6 Å². The first-order chi connectivity index (χ1) is 14.7. The normalized spacial score (nSPS) is 15.0. The van der Waals surface area contributed by atoms with Crippen LogP contribution < -0.4 is 10.8 Å². The Morgan fingerprint density at radius 2 is 1.50 bits per heavy atom. The first-order valence-electron chi connectivity index (χ1n) is 10.4. The number of hydrogen-bond donors (Lipinski definition) is 1. The van der Waals surface area contributed by atoms with E-state index in [2.05, 4.69) is 5.32 Å². The molecule has 1 amide bonds. The maximum Gasteiger partial charge on any atom is 0.263 e. The smallest absolute Gasteiger partial charge is 0.263 e. The minimum atomic E-state index is -0.180. The van der Waals surface area contributed by atoms with Crippen molar-refractivity contribution in [3.63, 3.8) is 0 Å². The summed E-state index contributed by atoms with van der Waals surface area (Å²) >= 11 is 0. The molecule has 2 aromatic carbocycles. The van der Waals surface area contributed by atoms with Gasteiger partial charge in [-0.1, -0.05) is 43.5 Å². The van der Waals surface area contributed by atoms with Crippen LogP contribution in [0.1, 0.15) is 52.8 Å². The van der Waals surface area contributed by atoms with E-state index in [1.165, 1.54) is 19.3 Å². The van der Waals surface area contributed by atoms with Crippen molar-refractivity contribution in [1.82, 2.24) is 4.57 Å². The number of aromatic nitrogens is 1. The van der Waals surface area contributed by atoms with Gasteiger partial charge in [0.05, 0.1) is 6.04 Å². The Morgan fingerprint density at radius 3 is 2.23 bits per heavy atom. The van der Waals surface area contributed by atoms with Crippen molar-refractivity contribution in [1.29, 1.82) is 0 Å². The summed E-state index contributed by atoms with van der Waals surface area (Å²) in [5, 5.41) is 2.85. The van der Waals surface area contributed by atoms with Crippen LogP contribution >= 0.6 is 0 Å². The molecule has 1 N–H and O–H groups in total. The van der Waals surface area contributed by atoms with E-state index >= 15 is 0 Å². The summed E-state index contributed by atoms with van der Waals surface area (Å²) in [5.74, 6) is -0.313. The standard InChI is InChI=1S/C25H25N3O2/c29-24(19-9-3-1-4-10-19)27-22-16-14-20(15-17-22)25(30)28-18-8-7-13-23(28)26-21-11-5-2-6-12-21/h1,3-4,7-10,13-18,21H,2,5-6,11-12H2,(H,27,29). The average Bonchev–Trinajstić information content (AvgIpc) is 2.81. The highest BCUT2D eigenvalue weighted by Crippen LogP contribution is 2.19. The van der Waals surface area contributed by atoms with E-state index in [0.29, 0.717) is 22.3 Å². The molecule has 0 spiro atoms. The number of pyridine rings is 1. The van der Waals surface area contributed by atoms with Gasteiger partial charge in [0.15, 0.2) is 0 Å². The van der Waals surface area contributed by atoms with E-state index in [9.17, 15) is 9.59 Å². The van der Waals surface area contributed by atoms with Crippen molar-refractivity contribution in [2.24, 2.45) is 4.99 Å². The Bertz CT molecular complexity index is 1080. The third-order valence-electron chi connectivity index (χ3n) is 5.37. The van der Waals surface area contributed by atoms with Gasteiger partial charge >= 0.3 is 0 Å². The van der Waals surface area contributed by atoms with Crippen molar-refractivity contribution >= 4 is 17.5 Å². The fraction of sp³-hybridized carbons (Fsp3) is 0.240. The van der Waals surface area contributed by atoms with Gasteiger partial charge < -0.3 is 5.32 Å². The number of carbonyl (C=O) groups excluding carboxylic acids is 2. The van der Waals surface area contributed by atoms with E-state index in [-0.39, 0.29) is 17.9 Å². The summed E-state index contributed by atoms with van der Waals surface area (Å²) in [5.41, 5.74) is 2.47. The average molecular weight is 399 g/mol. The quantitative estimate of drug-likeness (QED) is 0.693. The Balaban J connectivity index is 1.52. The van der Waals surface area contributed by atoms with Crippen molar-refractivity contribution in [3.8, 4) is 0 Å². The highest BCUT2D eigenvalue weighted by atomic mass is 16.2. The van der Waals surface area contributed by atoms with Crippen molar-refractivity contribution in [2.45, 2.75) is 38.1 Å². The number of benzene rings is 2. The Kier molecular flexibility index (Phi) is 6.18. The van der Waals surface area contributed by atoms with Crippen LogP contribution in [0.15, 0.2) is 84.0 Å². The van der Waals surface area contributed by atoms with Gasteiger partial charge in [-0.2, -0.15) is 0 Å². The van der Waals surface area contributed by atoms with E-state index < -0.39 is 0 Å². The first-order valence-corrected chi connectivity index (χ1v) is 10.4. The minimum Gasteiger partial charge on any atom is -0.322 e. The number of carbonyl (C=O) groups is 2. The molecule has 0 bridgehead atoms. The second-order valence-corrected chi connectivity index (χ2v) is 7.55. The van der Waals surface area contributed by atoms with E-state index in [1.54, 1.807) is 47.2 Å². The fourth-order valence-corrected chi connectivity index (χ4v) is 3.74. The molecule has 5 nitrogen and oxygen atoms in total. The van der Waals surface area contributed by atoms with Crippen LogP contribution in [0.4, 0.5) is 5.69 Å². The van der Waals surface area contributed by atoms with Crippen LogP contribution in [-0.4, -0.2) is 22.4 Å². The van der Waals surface area contributed by atoms with E-state index in [4.69, 9.17) is 4.99 Å². The number of nitrogens with one attached hydrogen (secondary N) is 1. The van der Waals surface area contributed by atoms with Crippen LogP contribution in [-0.2, 0) is 0 Å². The zero-order valence-electron chi connectivity index (χ0n) is 16.8. The van der Waals surface area contributed by atoms with E-state index in [1.807, 2.05) is 36.4 Å². The molecule has 1 aliphatic rings. The Labute approximate surface area is 176 Å². The van der Waals surface area contributed by atoms with Gasteiger partial charge in [0.25, 0.3) is 11.8 Å². The molecule has 0 unspecified atom stereocenters. The molecule has 1 fully saturated rings. The van der Waals surface area contributed by atoms with Gasteiger partial charge in [-0.05, 0) is 61.4 Å². The van der Waals surface area contributed by atoms with Gasteiger partial charge in [-0.3, -0.25) is 19.1 Å². The van der Waals surface area contributed by atoms with Crippen LogP contribution in [0.2, 0.25) is 0 Å². The fourth-order valence-electron chi connectivity index (χ4n) is 3.74. The molecule has 5 heteroatoms. The molecular formula is C25H25N3O2. The maximum atomic E-state index is 13.1. The van der Waals surface area contributed by atoms with Gasteiger partial charge in [0.2, 0.25) is 0 Å². The third-order valence-corrected chi connectivity index (χ3v) is 5.37. The molecule has 0 aliphatic heterocycles. The zero-order chi connectivity index (χ0) is 20.8. The molecule has 1 heterocycles. The van der Waals surface area contributed by atoms with Gasteiger partial charge in [0, 0.05) is 23.0 Å². The molecule has 0 radical (unpaired) electrons. The van der Waals surface area contributed by atoms with Crippen LogP contribution in [0, 0.1) is 0 Å². The summed E-state index contributed by atoms with van der Waals surface area (Å²) in [7, 11) is 0. The first kappa shape index (κ1) is 19.8. The number of amides is 1. The van der Waals surface area contributed by atoms with Gasteiger partial charge in [0.1, 0.15) is 5.49 Å². The number of hydrogen-bond acceptors (Lipinski definition) is 3. The molecule has 3 aromatic rings. The number of nitrogens with zero attached hydrogens (tertiary/aromatic N) is 2. The minimum absolute atomic E-state index is 0.133. The predicted octanol–water partition coefficient (Wildman–Crippen LogP) is 4.66. The number of anilines is 1. The summed E-state index contributed by atoms with van der Waals surface area (Å²) in [6.45, 7) is 0. The number of rotatable bonds is 4. The zero-order valence-corrected chi connectivity index (χ0v) is 16.8. The maximum absolute atomic E-state index is 13.1. The Morgan fingerprint density at radius 1 is 0.800 bits per heavy atom. The second kappa shape index (κ2) is 9.35. The lowest BCUT2D eigenvalue weighted by Crippen LogP contribution is -2.29. The molecule has 4 rings (SSSR count). The molecule has 1 aromatic heterocycles. The molecule has 0 saturated heterocycles. The lowest BCUT2D eigenvalue weighted by Gasteiger charge is -2.17. The topological polar surface area (TPSA) is 63.5 Å². The lowest BCUT2D eigenvalue weighted by atomic mass is 9.96. The summed E-state index contributed by atoms with van der Waals surface area (Å²) < 4.78 is 1.60. The lowest BCUT2D eigenvalue weighted by molar-refractivity contribution is 0.0953. The molecule has 30 heavy (non-hydrogen) atoms. The second-order valence-electron chi connectivity index (χ2n) is 7.55. The van der Waals surface area contributed by atoms with E-state index in [0.717, 1.165) is 12.8 Å². The molecule has 1 aliphatic carbocycles. The predicted molar refractivity (Wildman–Crippen MR) is 117 cm³/mol. The molecular weight excluding hydrogens is 374 g/mol. The molecule has 0 atom stereocenters. The van der Waals surface area contributed by atoms with Crippen molar-refractivity contribution < 1.29 is 9.59 Å². The monoisotopic (exact) mass is 399 g/mol. The molecule has 1 saturated carbocycles. The summed E-state index contributed by atoms with van der Waals surface area (Å²) in [4.78, 5) is 30.2. The largest absolute Gasteiger partial charge is 0.322 e. The van der Waals surface area contributed by atoms with Crippen LogP contribution in [0.3, 0.4) is 0 Å². The van der Waals surface area contributed by atoms with Crippen LogP contribution in [0.5, 0.6) is 0 Å². The SMILES string of the molecule is O=C(Nc1ccc(C(=O)n2ccccc2=NC2CCCCC2)cc1)c1ccccc1.